The van der Waals surface area contributed by atoms with E-state index in [1.54, 1.807) is 0 Å². The fourth-order valence-corrected chi connectivity index (χ4v) is 2.73. The van der Waals surface area contributed by atoms with Crippen LogP contribution in [0.5, 0.6) is 0 Å². The van der Waals surface area contributed by atoms with Gasteiger partial charge >= 0.3 is 0 Å². The third-order valence-corrected chi connectivity index (χ3v) is 3.68. The lowest BCUT2D eigenvalue weighted by Gasteiger charge is -2.21. The molecule has 3 heterocycles. The van der Waals surface area contributed by atoms with Gasteiger partial charge in [0.05, 0.1) is 6.04 Å². The molecule has 2 aliphatic heterocycles. The largest absolute Gasteiger partial charge is 0.444 e. The SMILES string of the molecule is c1cc(N2CCCC2)oc1[C@H]1CCCCN1. The van der Waals surface area contributed by atoms with Crippen molar-refractivity contribution in [2.24, 2.45) is 0 Å². The average Bonchev–Trinajstić information content (AvgIpc) is 3.01. The van der Waals surface area contributed by atoms with Crippen molar-refractivity contribution in [1.82, 2.24) is 5.32 Å². The molecule has 0 spiro atoms. The molecule has 88 valence electrons. The summed E-state index contributed by atoms with van der Waals surface area (Å²) in [5.74, 6) is 2.20. The Bertz CT molecular complexity index is 335. The highest BCUT2D eigenvalue weighted by molar-refractivity contribution is 5.38. The molecule has 1 N–H and O–H groups in total. The van der Waals surface area contributed by atoms with Crippen molar-refractivity contribution in [2.45, 2.75) is 38.1 Å². The smallest absolute Gasteiger partial charge is 0.195 e. The lowest BCUT2D eigenvalue weighted by Crippen LogP contribution is -2.26. The molecule has 0 unspecified atom stereocenters. The first-order valence-corrected chi connectivity index (χ1v) is 6.51. The van der Waals surface area contributed by atoms with Crippen LogP contribution in [-0.2, 0) is 0 Å². The fourth-order valence-electron chi connectivity index (χ4n) is 2.73. The van der Waals surface area contributed by atoms with E-state index >= 15 is 0 Å². The molecular formula is C13H20N2O. The van der Waals surface area contributed by atoms with Crippen LogP contribution in [-0.4, -0.2) is 19.6 Å². The van der Waals surface area contributed by atoms with Crippen LogP contribution in [0.15, 0.2) is 16.5 Å². The summed E-state index contributed by atoms with van der Waals surface area (Å²) in [5.41, 5.74) is 0. The maximum Gasteiger partial charge on any atom is 0.195 e. The van der Waals surface area contributed by atoms with Gasteiger partial charge in [-0.1, -0.05) is 6.42 Å². The van der Waals surface area contributed by atoms with Crippen LogP contribution in [0, 0.1) is 0 Å². The van der Waals surface area contributed by atoms with Crippen molar-refractivity contribution >= 4 is 5.88 Å². The average molecular weight is 220 g/mol. The van der Waals surface area contributed by atoms with E-state index in [1.807, 2.05) is 0 Å². The minimum absolute atomic E-state index is 0.449. The summed E-state index contributed by atoms with van der Waals surface area (Å²) in [4.78, 5) is 2.35. The second kappa shape index (κ2) is 4.50. The van der Waals surface area contributed by atoms with Gasteiger partial charge in [0.1, 0.15) is 5.76 Å². The van der Waals surface area contributed by atoms with E-state index in [4.69, 9.17) is 4.42 Å². The predicted octanol–water partition coefficient (Wildman–Crippen LogP) is 2.69. The topological polar surface area (TPSA) is 28.4 Å². The third kappa shape index (κ3) is 1.96. The normalized spacial score (nSPS) is 26.2. The number of hydrogen-bond acceptors (Lipinski definition) is 3. The first-order chi connectivity index (χ1) is 7.93. The Morgan fingerprint density at radius 2 is 2.00 bits per heavy atom. The Labute approximate surface area is 96.8 Å². The molecule has 3 heteroatoms. The fraction of sp³-hybridized carbons (Fsp3) is 0.692. The molecule has 0 saturated carbocycles. The van der Waals surface area contributed by atoms with Crippen molar-refractivity contribution in [1.29, 1.82) is 0 Å². The van der Waals surface area contributed by atoms with Gasteiger partial charge in [-0.2, -0.15) is 0 Å². The molecule has 1 atom stereocenters. The maximum atomic E-state index is 5.97. The van der Waals surface area contributed by atoms with Crippen LogP contribution in [0.2, 0.25) is 0 Å². The van der Waals surface area contributed by atoms with E-state index < -0.39 is 0 Å². The molecule has 2 aliphatic rings. The number of anilines is 1. The van der Waals surface area contributed by atoms with Gasteiger partial charge in [-0.05, 0) is 38.3 Å². The van der Waals surface area contributed by atoms with Gasteiger partial charge in [-0.25, -0.2) is 0 Å². The molecular weight excluding hydrogens is 200 g/mol. The van der Waals surface area contributed by atoms with Crippen LogP contribution in [0.4, 0.5) is 5.88 Å². The molecule has 16 heavy (non-hydrogen) atoms. The van der Waals surface area contributed by atoms with Crippen LogP contribution in [0.1, 0.15) is 43.9 Å². The number of nitrogens with one attached hydrogen (secondary N) is 1. The van der Waals surface area contributed by atoms with Crippen molar-refractivity contribution in [3.05, 3.63) is 17.9 Å². The lowest BCUT2D eigenvalue weighted by molar-refractivity contribution is 0.350. The predicted molar refractivity (Wildman–Crippen MR) is 64.7 cm³/mol. The minimum atomic E-state index is 0.449. The summed E-state index contributed by atoms with van der Waals surface area (Å²) in [6, 6.07) is 4.73. The minimum Gasteiger partial charge on any atom is -0.444 e. The zero-order valence-electron chi connectivity index (χ0n) is 9.74. The second-order valence-electron chi connectivity index (χ2n) is 4.87. The molecule has 0 aliphatic carbocycles. The van der Waals surface area contributed by atoms with Gasteiger partial charge in [0.25, 0.3) is 0 Å². The molecule has 3 nitrogen and oxygen atoms in total. The van der Waals surface area contributed by atoms with E-state index in [-0.39, 0.29) is 0 Å². The first kappa shape index (κ1) is 10.2. The molecule has 1 aromatic rings. The van der Waals surface area contributed by atoms with E-state index in [0.717, 1.165) is 31.3 Å². The molecule has 0 bridgehead atoms. The van der Waals surface area contributed by atoms with E-state index in [2.05, 4.69) is 22.3 Å². The Hall–Kier alpha value is -0.960. The van der Waals surface area contributed by atoms with Crippen molar-refractivity contribution < 1.29 is 4.42 Å². The summed E-state index contributed by atoms with van der Waals surface area (Å²) in [6.45, 7) is 3.44. The molecule has 1 aromatic heterocycles. The lowest BCUT2D eigenvalue weighted by atomic mass is 10.0. The van der Waals surface area contributed by atoms with Crippen LogP contribution < -0.4 is 10.2 Å². The van der Waals surface area contributed by atoms with E-state index in [0.29, 0.717) is 6.04 Å². The highest BCUT2D eigenvalue weighted by Gasteiger charge is 2.20. The highest BCUT2D eigenvalue weighted by Crippen LogP contribution is 2.29. The van der Waals surface area contributed by atoms with Crippen LogP contribution in [0.25, 0.3) is 0 Å². The van der Waals surface area contributed by atoms with Gasteiger partial charge in [0, 0.05) is 19.2 Å². The van der Waals surface area contributed by atoms with E-state index in [1.165, 1.54) is 32.1 Å². The number of piperidine rings is 1. The summed E-state index contributed by atoms with van der Waals surface area (Å²) in [6.07, 6.45) is 6.44. The summed E-state index contributed by atoms with van der Waals surface area (Å²) in [5, 5.41) is 3.53. The number of hydrogen-bond donors (Lipinski definition) is 1. The quantitative estimate of drug-likeness (QED) is 0.830. The molecule has 0 radical (unpaired) electrons. The summed E-state index contributed by atoms with van der Waals surface area (Å²) in [7, 11) is 0. The second-order valence-corrected chi connectivity index (χ2v) is 4.87. The number of furan rings is 1. The monoisotopic (exact) mass is 220 g/mol. The standard InChI is InChI=1S/C13H20N2O/c1-2-8-14-11(5-1)12-6-7-13(16-12)15-9-3-4-10-15/h6-7,11,14H,1-5,8-10H2/t11-/m1/s1. The zero-order valence-corrected chi connectivity index (χ0v) is 9.74. The molecule has 0 amide bonds. The Morgan fingerprint density at radius 1 is 1.12 bits per heavy atom. The molecule has 3 rings (SSSR count). The maximum absolute atomic E-state index is 5.97. The summed E-state index contributed by atoms with van der Waals surface area (Å²) >= 11 is 0. The van der Waals surface area contributed by atoms with Crippen molar-refractivity contribution in [3.63, 3.8) is 0 Å². The Kier molecular flexibility index (Phi) is 2.87. The Morgan fingerprint density at radius 3 is 2.75 bits per heavy atom. The van der Waals surface area contributed by atoms with Crippen LogP contribution >= 0.6 is 0 Å². The van der Waals surface area contributed by atoms with Gasteiger partial charge in [0.2, 0.25) is 0 Å². The third-order valence-electron chi connectivity index (χ3n) is 3.68. The number of nitrogens with zero attached hydrogens (tertiary/aromatic N) is 1. The molecule has 2 saturated heterocycles. The van der Waals surface area contributed by atoms with Crippen molar-refractivity contribution in [2.75, 3.05) is 24.5 Å². The highest BCUT2D eigenvalue weighted by atomic mass is 16.4. The summed E-state index contributed by atoms with van der Waals surface area (Å²) < 4.78 is 5.97. The zero-order chi connectivity index (χ0) is 10.8. The van der Waals surface area contributed by atoms with Gasteiger partial charge in [0.15, 0.2) is 5.88 Å². The van der Waals surface area contributed by atoms with Crippen LogP contribution in [0.3, 0.4) is 0 Å². The first-order valence-electron chi connectivity index (χ1n) is 6.51. The van der Waals surface area contributed by atoms with Gasteiger partial charge in [-0.3, -0.25) is 0 Å². The number of rotatable bonds is 2. The van der Waals surface area contributed by atoms with Crippen molar-refractivity contribution in [3.8, 4) is 0 Å². The Balaban J connectivity index is 1.71. The molecule has 0 aromatic carbocycles. The van der Waals surface area contributed by atoms with Gasteiger partial charge < -0.3 is 14.6 Å². The van der Waals surface area contributed by atoms with Gasteiger partial charge in [-0.15, -0.1) is 0 Å². The molecule has 2 fully saturated rings. The van der Waals surface area contributed by atoms with E-state index in [9.17, 15) is 0 Å².